The fourth-order valence-corrected chi connectivity index (χ4v) is 2.82. The molecule has 2 aromatic rings. The number of rotatable bonds is 5. The molecule has 3 nitrogen and oxygen atoms in total. The third-order valence-electron chi connectivity index (χ3n) is 2.68. The third kappa shape index (κ3) is 5.16. The quantitative estimate of drug-likeness (QED) is 0.612. The summed E-state index contributed by atoms with van der Waals surface area (Å²) in [6.45, 7) is 0. The number of nitrogens with two attached hydrogens (primary N) is 1. The minimum Gasteiger partial charge on any atom is -0.399 e. The summed E-state index contributed by atoms with van der Waals surface area (Å²) in [5, 5.41) is 3.76. The van der Waals surface area contributed by atoms with E-state index in [0.29, 0.717) is 27.9 Å². The highest BCUT2D eigenvalue weighted by atomic mass is 35.5. The number of amides is 1. The number of carbonyl (C=O) groups is 1. The lowest BCUT2D eigenvalue weighted by Crippen LogP contribution is -2.12. The number of nitrogen functional groups attached to an aromatic ring is 1. The summed E-state index contributed by atoms with van der Waals surface area (Å²) in [5.41, 5.74) is 6.88. The van der Waals surface area contributed by atoms with Gasteiger partial charge in [-0.1, -0.05) is 23.2 Å². The molecule has 3 N–H and O–H groups in total. The molecule has 2 rings (SSSR count). The van der Waals surface area contributed by atoms with E-state index in [1.807, 2.05) is 24.3 Å². The van der Waals surface area contributed by atoms with Crippen molar-refractivity contribution in [3.05, 3.63) is 52.5 Å². The lowest BCUT2D eigenvalue weighted by Gasteiger charge is -2.07. The Bertz CT molecular complexity index is 632. The van der Waals surface area contributed by atoms with Crippen molar-refractivity contribution in [3.63, 3.8) is 0 Å². The topological polar surface area (TPSA) is 55.1 Å². The number of nitrogens with one attached hydrogen (secondary N) is 1. The number of anilines is 2. The van der Waals surface area contributed by atoms with E-state index in [9.17, 15) is 4.79 Å². The van der Waals surface area contributed by atoms with Gasteiger partial charge in [-0.2, -0.15) is 0 Å². The van der Waals surface area contributed by atoms with Crippen molar-refractivity contribution in [1.29, 1.82) is 0 Å². The molecule has 0 saturated carbocycles. The molecule has 0 spiro atoms. The minimum absolute atomic E-state index is 0.0953. The van der Waals surface area contributed by atoms with Crippen molar-refractivity contribution >= 4 is 52.2 Å². The summed E-state index contributed by atoms with van der Waals surface area (Å²) in [6.07, 6.45) is 0.387. The van der Waals surface area contributed by atoms with Gasteiger partial charge in [0, 0.05) is 27.8 Å². The monoisotopic (exact) mass is 340 g/mol. The molecule has 0 fully saturated rings. The van der Waals surface area contributed by atoms with Crippen LogP contribution in [0.3, 0.4) is 0 Å². The van der Waals surface area contributed by atoms with Crippen molar-refractivity contribution in [1.82, 2.24) is 0 Å². The first-order valence-corrected chi connectivity index (χ1v) is 8.02. The molecule has 0 saturated heterocycles. The van der Waals surface area contributed by atoms with Gasteiger partial charge in [-0.3, -0.25) is 4.79 Å². The molecule has 0 aliphatic heterocycles. The zero-order valence-corrected chi connectivity index (χ0v) is 13.4. The molecule has 2 aromatic carbocycles. The Morgan fingerprint density at radius 2 is 1.86 bits per heavy atom. The average Bonchev–Trinajstić information content (AvgIpc) is 2.45. The molecule has 110 valence electrons. The van der Waals surface area contributed by atoms with Crippen LogP contribution in [0.25, 0.3) is 0 Å². The van der Waals surface area contributed by atoms with Crippen LogP contribution in [0.2, 0.25) is 10.0 Å². The normalized spacial score (nSPS) is 10.4. The van der Waals surface area contributed by atoms with Crippen LogP contribution in [0.5, 0.6) is 0 Å². The van der Waals surface area contributed by atoms with E-state index in [2.05, 4.69) is 5.32 Å². The van der Waals surface area contributed by atoms with E-state index in [1.54, 1.807) is 30.0 Å². The molecule has 0 unspecified atom stereocenters. The molecular weight excluding hydrogens is 327 g/mol. The van der Waals surface area contributed by atoms with Crippen molar-refractivity contribution < 1.29 is 4.79 Å². The minimum atomic E-state index is -0.0953. The van der Waals surface area contributed by atoms with Gasteiger partial charge in [0.1, 0.15) is 0 Å². The number of hydrogen-bond donors (Lipinski definition) is 2. The maximum Gasteiger partial charge on any atom is 0.225 e. The first-order valence-electron chi connectivity index (χ1n) is 6.28. The number of benzene rings is 2. The second-order valence-electron chi connectivity index (χ2n) is 4.34. The van der Waals surface area contributed by atoms with Gasteiger partial charge < -0.3 is 11.1 Å². The maximum atomic E-state index is 11.9. The molecule has 0 aromatic heterocycles. The predicted octanol–water partition coefficient (Wildman–Crippen LogP) is 4.70. The predicted molar refractivity (Wildman–Crippen MR) is 91.3 cm³/mol. The van der Waals surface area contributed by atoms with E-state index < -0.39 is 0 Å². The Labute approximate surface area is 137 Å². The average molecular weight is 341 g/mol. The van der Waals surface area contributed by atoms with E-state index in [-0.39, 0.29) is 5.91 Å². The summed E-state index contributed by atoms with van der Waals surface area (Å²) in [5.74, 6) is 0.579. The molecular formula is C15H14Cl2N2OS. The van der Waals surface area contributed by atoms with E-state index >= 15 is 0 Å². The Kier molecular flexibility index (Phi) is 5.79. The highest BCUT2D eigenvalue weighted by molar-refractivity contribution is 7.99. The van der Waals surface area contributed by atoms with Gasteiger partial charge >= 0.3 is 0 Å². The summed E-state index contributed by atoms with van der Waals surface area (Å²) in [4.78, 5) is 13.0. The second kappa shape index (κ2) is 7.59. The van der Waals surface area contributed by atoms with Crippen LogP contribution in [0.4, 0.5) is 11.4 Å². The third-order valence-corrected chi connectivity index (χ3v) is 4.26. The fraction of sp³-hybridized carbons (Fsp3) is 0.133. The van der Waals surface area contributed by atoms with E-state index in [1.165, 1.54) is 0 Å². The van der Waals surface area contributed by atoms with Gasteiger partial charge in [-0.25, -0.2) is 0 Å². The zero-order chi connectivity index (χ0) is 15.2. The standard InChI is InChI=1S/C15H14Cl2N2OS/c16-10-1-6-13(17)14(9-10)19-15(20)7-8-21-12-4-2-11(18)3-5-12/h1-6,9H,7-8,18H2,(H,19,20). The van der Waals surface area contributed by atoms with Crippen molar-refractivity contribution in [2.75, 3.05) is 16.8 Å². The SMILES string of the molecule is Nc1ccc(SCCC(=O)Nc2cc(Cl)ccc2Cl)cc1. The van der Waals surface area contributed by atoms with Crippen LogP contribution < -0.4 is 11.1 Å². The molecule has 0 radical (unpaired) electrons. The van der Waals surface area contributed by atoms with Crippen LogP contribution in [0.15, 0.2) is 47.4 Å². The number of halogens is 2. The van der Waals surface area contributed by atoms with Gasteiger partial charge in [0.2, 0.25) is 5.91 Å². The summed E-state index contributed by atoms with van der Waals surface area (Å²) in [6, 6.07) is 12.5. The Morgan fingerprint density at radius 1 is 1.14 bits per heavy atom. The molecule has 0 aliphatic carbocycles. The molecule has 0 aliphatic rings. The lowest BCUT2D eigenvalue weighted by molar-refractivity contribution is -0.115. The number of hydrogen-bond acceptors (Lipinski definition) is 3. The summed E-state index contributed by atoms with van der Waals surface area (Å²) < 4.78 is 0. The van der Waals surface area contributed by atoms with Crippen molar-refractivity contribution in [3.8, 4) is 0 Å². The van der Waals surface area contributed by atoms with Gasteiger partial charge in [-0.15, -0.1) is 11.8 Å². The molecule has 21 heavy (non-hydrogen) atoms. The number of carbonyl (C=O) groups excluding carboxylic acids is 1. The molecule has 0 atom stereocenters. The van der Waals surface area contributed by atoms with Crippen LogP contribution >= 0.6 is 35.0 Å². The first kappa shape index (κ1) is 16.0. The van der Waals surface area contributed by atoms with E-state index in [0.717, 1.165) is 10.6 Å². The van der Waals surface area contributed by atoms with Crippen LogP contribution in [-0.2, 0) is 4.79 Å². The van der Waals surface area contributed by atoms with Crippen molar-refractivity contribution in [2.45, 2.75) is 11.3 Å². The molecule has 0 bridgehead atoms. The smallest absolute Gasteiger partial charge is 0.225 e. The first-order chi connectivity index (χ1) is 10.0. The lowest BCUT2D eigenvalue weighted by atomic mass is 10.3. The van der Waals surface area contributed by atoms with Gasteiger partial charge in [-0.05, 0) is 42.5 Å². The fourth-order valence-electron chi connectivity index (χ4n) is 1.63. The summed E-state index contributed by atoms with van der Waals surface area (Å²) in [7, 11) is 0. The maximum absolute atomic E-state index is 11.9. The molecule has 1 amide bonds. The molecule has 6 heteroatoms. The van der Waals surface area contributed by atoms with Crippen LogP contribution in [-0.4, -0.2) is 11.7 Å². The van der Waals surface area contributed by atoms with Gasteiger partial charge in [0.25, 0.3) is 0 Å². The highest BCUT2D eigenvalue weighted by Crippen LogP contribution is 2.26. The number of thioether (sulfide) groups is 1. The Morgan fingerprint density at radius 3 is 2.57 bits per heavy atom. The van der Waals surface area contributed by atoms with Crippen molar-refractivity contribution in [2.24, 2.45) is 0 Å². The zero-order valence-electron chi connectivity index (χ0n) is 11.1. The van der Waals surface area contributed by atoms with Gasteiger partial charge in [0.15, 0.2) is 0 Å². The Hall–Kier alpha value is -1.36. The largest absolute Gasteiger partial charge is 0.399 e. The Balaban J connectivity index is 1.82. The van der Waals surface area contributed by atoms with Crippen LogP contribution in [0.1, 0.15) is 6.42 Å². The molecule has 0 heterocycles. The summed E-state index contributed by atoms with van der Waals surface area (Å²) >= 11 is 13.5. The van der Waals surface area contributed by atoms with Gasteiger partial charge in [0.05, 0.1) is 10.7 Å². The highest BCUT2D eigenvalue weighted by Gasteiger charge is 2.07. The van der Waals surface area contributed by atoms with Crippen LogP contribution in [0, 0.1) is 0 Å². The second-order valence-corrected chi connectivity index (χ2v) is 6.35. The van der Waals surface area contributed by atoms with E-state index in [4.69, 9.17) is 28.9 Å².